The summed E-state index contributed by atoms with van der Waals surface area (Å²) < 4.78 is 10.7. The van der Waals surface area contributed by atoms with Gasteiger partial charge in [0.1, 0.15) is 11.6 Å². The first kappa shape index (κ1) is 23.3. The van der Waals surface area contributed by atoms with E-state index in [-0.39, 0.29) is 24.2 Å². The molecule has 3 aliphatic rings. The number of nitrogens with zero attached hydrogens (tertiary/aromatic N) is 6. The van der Waals surface area contributed by atoms with Gasteiger partial charge in [-0.1, -0.05) is 6.07 Å². The second-order valence-corrected chi connectivity index (χ2v) is 9.19. The zero-order valence-electron chi connectivity index (χ0n) is 20.4. The maximum Gasteiger partial charge on any atom is 0.228 e. The van der Waals surface area contributed by atoms with Crippen LogP contribution in [0.25, 0.3) is 0 Å². The van der Waals surface area contributed by atoms with E-state index in [2.05, 4.69) is 14.8 Å². The molecule has 35 heavy (non-hydrogen) atoms. The number of carbonyl (C=O) groups excluding carboxylic acids is 2. The molecule has 3 fully saturated rings. The van der Waals surface area contributed by atoms with Gasteiger partial charge in [-0.05, 0) is 19.1 Å². The molecule has 0 spiro atoms. The van der Waals surface area contributed by atoms with E-state index in [9.17, 15) is 9.59 Å². The number of morpholine rings is 1. The molecule has 0 radical (unpaired) electrons. The third-order valence-electron chi connectivity index (χ3n) is 6.88. The minimum atomic E-state index is -0.330. The van der Waals surface area contributed by atoms with Crippen LogP contribution in [0.4, 0.5) is 17.5 Å². The fourth-order valence-corrected chi connectivity index (χ4v) is 4.92. The second-order valence-electron chi connectivity index (χ2n) is 9.19. The summed E-state index contributed by atoms with van der Waals surface area (Å²) in [5.41, 5.74) is 1.69. The zero-order chi connectivity index (χ0) is 24.4. The van der Waals surface area contributed by atoms with Crippen LogP contribution < -0.4 is 19.4 Å². The Hall–Kier alpha value is -3.40. The van der Waals surface area contributed by atoms with E-state index in [4.69, 9.17) is 14.5 Å². The Morgan fingerprint density at radius 1 is 1.03 bits per heavy atom. The molecule has 4 heterocycles. The maximum absolute atomic E-state index is 13.3. The van der Waals surface area contributed by atoms with Gasteiger partial charge >= 0.3 is 0 Å². The van der Waals surface area contributed by atoms with Gasteiger partial charge in [-0.15, -0.1) is 0 Å². The van der Waals surface area contributed by atoms with Crippen molar-refractivity contribution in [2.24, 2.45) is 5.92 Å². The molecule has 3 aliphatic heterocycles. The molecule has 1 aromatic carbocycles. The largest absolute Gasteiger partial charge is 0.497 e. The van der Waals surface area contributed by atoms with Crippen molar-refractivity contribution >= 4 is 29.3 Å². The van der Waals surface area contributed by atoms with Gasteiger partial charge in [0.15, 0.2) is 0 Å². The molecule has 0 aliphatic carbocycles. The van der Waals surface area contributed by atoms with Crippen LogP contribution in [-0.2, 0) is 14.3 Å². The standard InChI is InChI=1S/C25H32N6O4/c1-18-14-22(28-10-12-35-13-11-28)27-25(26-18)30-8-6-29(7-9-30)24(33)19-15-23(32)31(17-19)20-4-3-5-21(16-20)34-2/h3-5,14,16,19H,6-13,15,17H2,1-2H3. The number of carbonyl (C=O) groups is 2. The summed E-state index contributed by atoms with van der Waals surface area (Å²) >= 11 is 0. The number of ether oxygens (including phenoxy) is 2. The number of piperazine rings is 1. The number of hydrogen-bond acceptors (Lipinski definition) is 8. The van der Waals surface area contributed by atoms with Gasteiger partial charge in [-0.3, -0.25) is 9.59 Å². The summed E-state index contributed by atoms with van der Waals surface area (Å²) in [7, 11) is 1.60. The van der Waals surface area contributed by atoms with Crippen LogP contribution in [0.5, 0.6) is 5.75 Å². The lowest BCUT2D eigenvalue weighted by atomic mass is 10.1. The molecular weight excluding hydrogens is 448 g/mol. The summed E-state index contributed by atoms with van der Waals surface area (Å²) in [5.74, 6) is 2.01. The van der Waals surface area contributed by atoms with E-state index in [1.807, 2.05) is 42.2 Å². The Morgan fingerprint density at radius 2 is 1.80 bits per heavy atom. The van der Waals surface area contributed by atoms with Crippen molar-refractivity contribution in [2.45, 2.75) is 13.3 Å². The quantitative estimate of drug-likeness (QED) is 0.633. The Balaban J connectivity index is 1.20. The highest BCUT2D eigenvalue weighted by Crippen LogP contribution is 2.29. The summed E-state index contributed by atoms with van der Waals surface area (Å²) in [5, 5.41) is 0. The molecule has 0 N–H and O–H groups in total. The Morgan fingerprint density at radius 3 is 2.54 bits per heavy atom. The van der Waals surface area contributed by atoms with E-state index in [1.54, 1.807) is 12.0 Å². The number of aryl methyl sites for hydroxylation is 1. The van der Waals surface area contributed by atoms with Crippen LogP contribution in [0, 0.1) is 12.8 Å². The molecule has 0 bridgehead atoms. The van der Waals surface area contributed by atoms with Crippen molar-refractivity contribution in [1.29, 1.82) is 0 Å². The Kier molecular flexibility index (Phi) is 6.72. The van der Waals surface area contributed by atoms with Crippen LogP contribution in [0.15, 0.2) is 30.3 Å². The first-order valence-electron chi connectivity index (χ1n) is 12.2. The molecule has 1 aromatic heterocycles. The van der Waals surface area contributed by atoms with Crippen LogP contribution in [0.3, 0.4) is 0 Å². The minimum absolute atomic E-state index is 0.0287. The summed E-state index contributed by atoms with van der Waals surface area (Å²) in [6, 6.07) is 9.41. The second kappa shape index (κ2) is 10.1. The average Bonchev–Trinajstić information content (AvgIpc) is 3.30. The Bertz CT molecular complexity index is 1080. The smallest absolute Gasteiger partial charge is 0.228 e. The monoisotopic (exact) mass is 480 g/mol. The van der Waals surface area contributed by atoms with Gasteiger partial charge in [-0.2, -0.15) is 4.98 Å². The molecule has 10 heteroatoms. The topological polar surface area (TPSA) is 91.3 Å². The van der Waals surface area contributed by atoms with Crippen LogP contribution in [-0.4, -0.2) is 92.8 Å². The molecule has 2 aromatic rings. The van der Waals surface area contributed by atoms with Crippen LogP contribution in [0.1, 0.15) is 12.1 Å². The molecule has 5 rings (SSSR count). The number of methoxy groups -OCH3 is 1. The zero-order valence-corrected chi connectivity index (χ0v) is 20.4. The predicted octanol–water partition coefficient (Wildman–Crippen LogP) is 1.33. The normalized spacial score (nSPS) is 21.0. The van der Waals surface area contributed by atoms with Gasteiger partial charge < -0.3 is 29.1 Å². The first-order chi connectivity index (χ1) is 17.0. The Labute approximate surface area is 205 Å². The fourth-order valence-electron chi connectivity index (χ4n) is 4.92. The van der Waals surface area contributed by atoms with Crippen molar-refractivity contribution < 1.29 is 19.1 Å². The van der Waals surface area contributed by atoms with Crippen LogP contribution in [0.2, 0.25) is 0 Å². The summed E-state index contributed by atoms with van der Waals surface area (Å²) in [6.07, 6.45) is 0.236. The first-order valence-corrected chi connectivity index (χ1v) is 12.2. The lowest BCUT2D eigenvalue weighted by Gasteiger charge is -2.36. The van der Waals surface area contributed by atoms with Gasteiger partial charge in [-0.25, -0.2) is 4.98 Å². The number of amides is 2. The van der Waals surface area contributed by atoms with Crippen molar-refractivity contribution in [2.75, 3.05) is 80.8 Å². The van der Waals surface area contributed by atoms with E-state index in [1.165, 1.54) is 0 Å². The molecule has 10 nitrogen and oxygen atoms in total. The van der Waals surface area contributed by atoms with Gasteiger partial charge in [0.05, 0.1) is 26.2 Å². The van der Waals surface area contributed by atoms with Gasteiger partial charge in [0.25, 0.3) is 0 Å². The minimum Gasteiger partial charge on any atom is -0.497 e. The van der Waals surface area contributed by atoms with Gasteiger partial charge in [0, 0.05) is 75.7 Å². The maximum atomic E-state index is 13.3. The van der Waals surface area contributed by atoms with Crippen LogP contribution >= 0.6 is 0 Å². The molecular formula is C25H32N6O4. The van der Waals surface area contributed by atoms with Crippen molar-refractivity contribution in [1.82, 2.24) is 14.9 Å². The van der Waals surface area contributed by atoms with E-state index >= 15 is 0 Å². The molecule has 0 saturated carbocycles. The summed E-state index contributed by atoms with van der Waals surface area (Å²) in [4.78, 5) is 43.4. The predicted molar refractivity (Wildman–Crippen MR) is 132 cm³/mol. The number of hydrogen-bond donors (Lipinski definition) is 0. The fraction of sp³-hybridized carbons (Fsp3) is 0.520. The lowest BCUT2D eigenvalue weighted by Crippen LogP contribution is -2.51. The number of aromatic nitrogens is 2. The highest BCUT2D eigenvalue weighted by molar-refractivity contribution is 6.00. The van der Waals surface area contributed by atoms with E-state index < -0.39 is 0 Å². The third kappa shape index (κ3) is 5.02. The molecule has 3 saturated heterocycles. The highest BCUT2D eigenvalue weighted by atomic mass is 16.5. The molecule has 186 valence electrons. The number of anilines is 3. The molecule has 1 unspecified atom stereocenters. The lowest BCUT2D eigenvalue weighted by molar-refractivity contribution is -0.136. The van der Waals surface area contributed by atoms with Crippen molar-refractivity contribution in [3.8, 4) is 5.75 Å². The third-order valence-corrected chi connectivity index (χ3v) is 6.88. The SMILES string of the molecule is COc1cccc(N2CC(C(=O)N3CCN(c4nc(C)cc(N5CCOCC5)n4)CC3)CC2=O)c1. The van der Waals surface area contributed by atoms with Gasteiger partial charge in [0.2, 0.25) is 17.8 Å². The average molecular weight is 481 g/mol. The summed E-state index contributed by atoms with van der Waals surface area (Å²) in [6.45, 7) is 7.96. The highest BCUT2D eigenvalue weighted by Gasteiger charge is 2.38. The number of benzene rings is 1. The van der Waals surface area contributed by atoms with E-state index in [0.29, 0.717) is 57.6 Å². The van der Waals surface area contributed by atoms with Crippen molar-refractivity contribution in [3.63, 3.8) is 0 Å². The number of rotatable bonds is 5. The molecule has 2 amide bonds. The van der Waals surface area contributed by atoms with Crippen molar-refractivity contribution in [3.05, 3.63) is 36.0 Å². The van der Waals surface area contributed by atoms with E-state index in [0.717, 1.165) is 30.3 Å². The molecule has 1 atom stereocenters.